The largest absolute Gasteiger partial charge is 0.493 e. The molecule has 1 N–H and O–H groups in total. The lowest BCUT2D eigenvalue weighted by Crippen LogP contribution is -2.34. The Bertz CT molecular complexity index is 1620. The number of esters is 1. The van der Waals surface area contributed by atoms with Gasteiger partial charge in [-0.05, 0) is 73.4 Å². The zero-order chi connectivity index (χ0) is 28.6. The van der Waals surface area contributed by atoms with Gasteiger partial charge in [-0.1, -0.05) is 37.3 Å². The van der Waals surface area contributed by atoms with Crippen molar-refractivity contribution in [3.63, 3.8) is 0 Å². The Hall–Kier alpha value is -4.85. The lowest BCUT2D eigenvalue weighted by Gasteiger charge is -2.12. The van der Waals surface area contributed by atoms with Crippen LogP contribution in [-0.4, -0.2) is 25.0 Å². The van der Waals surface area contributed by atoms with E-state index in [1.165, 1.54) is 18.2 Å². The summed E-state index contributed by atoms with van der Waals surface area (Å²) in [5.41, 5.74) is 2.29. The molecule has 8 heteroatoms. The predicted molar refractivity (Wildman–Crippen MR) is 153 cm³/mol. The van der Waals surface area contributed by atoms with Crippen LogP contribution < -0.4 is 25.2 Å². The van der Waals surface area contributed by atoms with Crippen molar-refractivity contribution >= 4 is 28.9 Å². The van der Waals surface area contributed by atoms with Gasteiger partial charge in [0, 0.05) is 23.6 Å². The molecule has 0 radical (unpaired) electrons. The number of aryl methyl sites for hydroxylation is 1. The number of carbonyl (C=O) groups excluding carboxylic acids is 2. The van der Waals surface area contributed by atoms with Crippen LogP contribution in [0.5, 0.6) is 17.2 Å². The topological polar surface area (TPSA) is 104 Å². The molecule has 0 spiro atoms. The minimum atomic E-state index is -0.767. The number of ether oxygens (including phenoxy) is 3. The highest BCUT2D eigenvalue weighted by atomic mass is 16.5. The number of hydrogen-bond acceptors (Lipinski definition) is 7. The number of methoxy groups -OCH3 is 1. The second kappa shape index (κ2) is 12.8. The van der Waals surface area contributed by atoms with Crippen LogP contribution in [0.2, 0.25) is 0 Å². The first-order valence-electron chi connectivity index (χ1n) is 12.9. The van der Waals surface area contributed by atoms with Crippen LogP contribution in [0.15, 0.2) is 82.0 Å². The van der Waals surface area contributed by atoms with E-state index in [0.29, 0.717) is 29.1 Å². The predicted octanol–water partition coefficient (Wildman–Crippen LogP) is 5.84. The minimum absolute atomic E-state index is 0.0752. The second-order valence-electron chi connectivity index (χ2n) is 9.31. The number of fused-ring (bicyclic) bond motifs is 1. The molecule has 1 unspecified atom stereocenters. The lowest BCUT2D eigenvalue weighted by molar-refractivity contribution is -0.128. The zero-order valence-corrected chi connectivity index (χ0v) is 22.9. The number of amides is 1. The van der Waals surface area contributed by atoms with E-state index in [1.807, 2.05) is 45.0 Å². The summed E-state index contributed by atoms with van der Waals surface area (Å²) in [6.45, 7) is 6.22. The van der Waals surface area contributed by atoms with Crippen LogP contribution in [0.3, 0.4) is 0 Å². The highest BCUT2D eigenvalue weighted by molar-refractivity contribution is 5.97. The molecule has 0 aliphatic carbocycles. The fraction of sp³-hybridized carbons (Fsp3) is 0.219. The first kappa shape index (κ1) is 28.2. The summed E-state index contributed by atoms with van der Waals surface area (Å²) in [6.07, 6.45) is 3.61. The molecule has 40 heavy (non-hydrogen) atoms. The molecular weight excluding hydrogens is 510 g/mol. The van der Waals surface area contributed by atoms with Gasteiger partial charge in [0.2, 0.25) is 0 Å². The van der Waals surface area contributed by atoms with Gasteiger partial charge >= 0.3 is 11.6 Å². The molecule has 1 amide bonds. The SMILES string of the molecule is CCC(C)NC(=O)c1cc2ccc(OC(=O)/C=C/c3ccc(OCc4ccccc4C)c(OC)c3)cc2oc1=O. The number of benzene rings is 3. The van der Waals surface area contributed by atoms with Crippen molar-refractivity contribution in [3.8, 4) is 17.2 Å². The molecule has 0 aliphatic rings. The summed E-state index contributed by atoms with van der Waals surface area (Å²) in [7, 11) is 1.55. The van der Waals surface area contributed by atoms with Crippen LogP contribution in [0.25, 0.3) is 17.0 Å². The van der Waals surface area contributed by atoms with Gasteiger partial charge in [0.05, 0.1) is 7.11 Å². The third-order valence-corrected chi connectivity index (χ3v) is 6.40. The van der Waals surface area contributed by atoms with Crippen molar-refractivity contribution in [1.82, 2.24) is 5.32 Å². The molecular formula is C32H31NO7. The number of hydrogen-bond donors (Lipinski definition) is 1. The maximum absolute atomic E-state index is 12.5. The van der Waals surface area contributed by atoms with E-state index < -0.39 is 17.5 Å². The summed E-state index contributed by atoms with van der Waals surface area (Å²) in [5.74, 6) is 0.201. The van der Waals surface area contributed by atoms with E-state index in [-0.39, 0.29) is 22.9 Å². The fourth-order valence-electron chi connectivity index (χ4n) is 3.87. The highest BCUT2D eigenvalue weighted by Gasteiger charge is 2.16. The van der Waals surface area contributed by atoms with Gasteiger partial charge in [-0.15, -0.1) is 0 Å². The summed E-state index contributed by atoms with van der Waals surface area (Å²) in [6, 6.07) is 19.3. The third kappa shape index (κ3) is 6.96. The van der Waals surface area contributed by atoms with Gasteiger partial charge in [-0.3, -0.25) is 4.79 Å². The number of carbonyl (C=O) groups is 2. The molecule has 0 bridgehead atoms. The average Bonchev–Trinajstić information content (AvgIpc) is 2.95. The van der Waals surface area contributed by atoms with E-state index >= 15 is 0 Å². The van der Waals surface area contributed by atoms with Gasteiger partial charge in [-0.25, -0.2) is 9.59 Å². The molecule has 8 nitrogen and oxygen atoms in total. The number of nitrogens with one attached hydrogen (secondary N) is 1. The normalized spacial score (nSPS) is 11.8. The van der Waals surface area contributed by atoms with Crippen LogP contribution in [0.4, 0.5) is 0 Å². The van der Waals surface area contributed by atoms with E-state index in [4.69, 9.17) is 18.6 Å². The Kier molecular flexibility index (Phi) is 9.01. The summed E-state index contributed by atoms with van der Waals surface area (Å²) >= 11 is 0. The summed E-state index contributed by atoms with van der Waals surface area (Å²) < 4.78 is 22.1. The van der Waals surface area contributed by atoms with E-state index in [1.54, 1.807) is 43.5 Å². The molecule has 1 aromatic heterocycles. The maximum Gasteiger partial charge on any atom is 0.349 e. The molecule has 0 saturated carbocycles. The smallest absolute Gasteiger partial charge is 0.349 e. The summed E-state index contributed by atoms with van der Waals surface area (Å²) in [4.78, 5) is 37.2. The van der Waals surface area contributed by atoms with Crippen molar-refractivity contribution in [1.29, 1.82) is 0 Å². The van der Waals surface area contributed by atoms with Gasteiger partial charge in [0.25, 0.3) is 5.91 Å². The van der Waals surface area contributed by atoms with Crippen molar-refractivity contribution < 1.29 is 28.2 Å². The van der Waals surface area contributed by atoms with E-state index in [9.17, 15) is 14.4 Å². The standard InChI is InChI=1S/C32H31NO7/c1-5-21(3)33-31(35)26-17-23-12-13-25(18-28(23)40-32(26)36)39-30(34)15-11-22-10-14-27(29(16-22)37-4)38-19-24-9-7-6-8-20(24)2/h6-18,21H,5,19H2,1-4H3,(H,33,35)/b15-11+. The maximum atomic E-state index is 12.5. The molecule has 0 aliphatic heterocycles. The Morgan fingerprint density at radius 3 is 2.58 bits per heavy atom. The van der Waals surface area contributed by atoms with Gasteiger partial charge in [-0.2, -0.15) is 0 Å². The summed E-state index contributed by atoms with van der Waals surface area (Å²) in [5, 5.41) is 3.28. The molecule has 3 aromatic carbocycles. The molecule has 0 saturated heterocycles. The Labute approximate surface area is 232 Å². The Morgan fingerprint density at radius 2 is 1.82 bits per heavy atom. The first-order chi connectivity index (χ1) is 19.3. The van der Waals surface area contributed by atoms with Crippen molar-refractivity contribution in [2.75, 3.05) is 7.11 Å². The first-order valence-corrected chi connectivity index (χ1v) is 12.9. The third-order valence-electron chi connectivity index (χ3n) is 6.40. The zero-order valence-electron chi connectivity index (χ0n) is 22.9. The Morgan fingerprint density at radius 1 is 1.02 bits per heavy atom. The second-order valence-corrected chi connectivity index (χ2v) is 9.31. The minimum Gasteiger partial charge on any atom is -0.493 e. The van der Waals surface area contributed by atoms with Crippen LogP contribution in [0.1, 0.15) is 47.3 Å². The molecule has 4 aromatic rings. The average molecular weight is 542 g/mol. The van der Waals surface area contributed by atoms with Crippen molar-refractivity contribution in [2.45, 2.75) is 39.8 Å². The molecule has 1 atom stereocenters. The fourth-order valence-corrected chi connectivity index (χ4v) is 3.87. The van der Waals surface area contributed by atoms with Crippen molar-refractivity contribution in [2.24, 2.45) is 0 Å². The number of rotatable bonds is 10. The molecule has 4 rings (SSSR count). The van der Waals surface area contributed by atoms with E-state index in [0.717, 1.165) is 17.5 Å². The monoisotopic (exact) mass is 541 g/mol. The highest BCUT2D eigenvalue weighted by Crippen LogP contribution is 2.30. The Balaban J connectivity index is 1.42. The quantitative estimate of drug-likeness (QED) is 0.116. The molecule has 206 valence electrons. The molecule has 1 heterocycles. The van der Waals surface area contributed by atoms with Crippen LogP contribution >= 0.6 is 0 Å². The molecule has 0 fully saturated rings. The lowest BCUT2D eigenvalue weighted by atomic mass is 10.1. The van der Waals surface area contributed by atoms with Gasteiger partial charge < -0.3 is 23.9 Å². The van der Waals surface area contributed by atoms with Gasteiger partial charge in [0.1, 0.15) is 23.5 Å². The van der Waals surface area contributed by atoms with Crippen molar-refractivity contribution in [3.05, 3.63) is 105 Å². The van der Waals surface area contributed by atoms with E-state index in [2.05, 4.69) is 5.32 Å². The van der Waals surface area contributed by atoms with Crippen LogP contribution in [-0.2, 0) is 11.4 Å². The van der Waals surface area contributed by atoms with Crippen LogP contribution in [0, 0.1) is 6.92 Å². The van der Waals surface area contributed by atoms with Gasteiger partial charge in [0.15, 0.2) is 11.5 Å².